The van der Waals surface area contributed by atoms with Gasteiger partial charge in [-0.25, -0.2) is 9.82 Å². The topological polar surface area (TPSA) is 53.6 Å². The Bertz CT molecular complexity index is 494. The molecule has 156 valence electrons. The minimum Gasteiger partial charge on any atom is -0.375 e. The van der Waals surface area contributed by atoms with E-state index in [2.05, 4.69) is 10.9 Å². The van der Waals surface area contributed by atoms with E-state index in [0.29, 0.717) is 25.1 Å². The lowest BCUT2D eigenvalue weighted by atomic mass is 9.79. The highest BCUT2D eigenvalue weighted by molar-refractivity contribution is 5.82. The largest absolute Gasteiger partial charge is 0.375 e. The predicted octanol–water partition coefficient (Wildman–Crippen LogP) is 3.19. The monoisotopic (exact) mass is 383 g/mol. The summed E-state index contributed by atoms with van der Waals surface area (Å²) in [6.45, 7) is 7.07. The van der Waals surface area contributed by atoms with E-state index in [1.54, 1.807) is 4.90 Å². The van der Waals surface area contributed by atoms with Crippen molar-refractivity contribution in [3.05, 3.63) is 0 Å². The summed E-state index contributed by atoms with van der Waals surface area (Å²) in [5.74, 6) is 0.672. The lowest BCUT2D eigenvalue weighted by molar-refractivity contribution is -0.151. The number of nitrogens with one attached hydrogen (secondary N) is 2. The van der Waals surface area contributed by atoms with Gasteiger partial charge >= 0.3 is 0 Å². The molecule has 2 heterocycles. The third kappa shape index (κ3) is 5.01. The molecular formula is C21H38FN3O2. The molecular weight excluding hydrogens is 345 g/mol. The predicted molar refractivity (Wildman–Crippen MR) is 105 cm³/mol. The zero-order valence-corrected chi connectivity index (χ0v) is 17.3. The van der Waals surface area contributed by atoms with Crippen LogP contribution in [0.4, 0.5) is 4.39 Å². The molecule has 0 aromatic heterocycles. The first-order valence-electron chi connectivity index (χ1n) is 11.0. The van der Waals surface area contributed by atoms with Crippen LogP contribution in [0.1, 0.15) is 72.1 Å². The third-order valence-corrected chi connectivity index (χ3v) is 6.70. The minimum atomic E-state index is -1.13. The van der Waals surface area contributed by atoms with Crippen LogP contribution in [0.2, 0.25) is 0 Å². The molecule has 1 amide bonds. The van der Waals surface area contributed by atoms with Crippen LogP contribution in [-0.2, 0) is 9.53 Å². The van der Waals surface area contributed by atoms with Gasteiger partial charge in [0, 0.05) is 24.6 Å². The zero-order chi connectivity index (χ0) is 19.4. The molecule has 0 spiro atoms. The fourth-order valence-corrected chi connectivity index (χ4v) is 5.28. The van der Waals surface area contributed by atoms with Crippen molar-refractivity contribution in [3.8, 4) is 0 Å². The first-order valence-corrected chi connectivity index (χ1v) is 11.0. The van der Waals surface area contributed by atoms with Crippen LogP contribution in [0.25, 0.3) is 0 Å². The van der Waals surface area contributed by atoms with Gasteiger partial charge in [0.05, 0.1) is 12.6 Å². The zero-order valence-electron chi connectivity index (χ0n) is 17.3. The SMILES string of the molecule is CCO[C@@H]1[C@H](F)CN(C(=O)C2CC(C3CCCCCCC3)NN2)CC1(C)C. The first-order chi connectivity index (χ1) is 12.9. The van der Waals surface area contributed by atoms with Gasteiger partial charge in [-0.2, -0.15) is 0 Å². The molecule has 3 aliphatic rings. The smallest absolute Gasteiger partial charge is 0.241 e. The van der Waals surface area contributed by atoms with Gasteiger partial charge in [-0.05, 0) is 32.1 Å². The van der Waals surface area contributed by atoms with Crippen LogP contribution in [0.5, 0.6) is 0 Å². The van der Waals surface area contributed by atoms with Gasteiger partial charge in [-0.3, -0.25) is 10.2 Å². The Balaban J connectivity index is 1.57. The molecule has 2 unspecified atom stereocenters. The van der Waals surface area contributed by atoms with E-state index < -0.39 is 12.3 Å². The van der Waals surface area contributed by atoms with Crippen LogP contribution in [0.15, 0.2) is 0 Å². The van der Waals surface area contributed by atoms with Crippen molar-refractivity contribution < 1.29 is 13.9 Å². The normalized spacial score (nSPS) is 35.6. The fourth-order valence-electron chi connectivity index (χ4n) is 5.28. The molecule has 3 fully saturated rings. The molecule has 27 heavy (non-hydrogen) atoms. The summed E-state index contributed by atoms with van der Waals surface area (Å²) in [4.78, 5) is 14.8. The highest BCUT2D eigenvalue weighted by Gasteiger charge is 2.46. The average molecular weight is 384 g/mol. The standard InChI is InChI=1S/C21H38FN3O2/c1-4-27-19-16(22)13-25(14-21(19,2)3)20(26)18-12-17(23-24-18)15-10-8-6-5-7-9-11-15/h15-19,23-24H,4-14H2,1-3H3/t16-,17?,18?,19-/m1/s1. The maximum Gasteiger partial charge on any atom is 0.241 e. The number of ether oxygens (including phenoxy) is 1. The number of carbonyl (C=O) groups excluding carboxylic acids is 1. The Labute approximate surface area is 163 Å². The average Bonchev–Trinajstić information content (AvgIpc) is 3.06. The second-order valence-corrected chi connectivity index (χ2v) is 9.39. The summed E-state index contributed by atoms with van der Waals surface area (Å²) in [6.07, 6.45) is 8.36. The van der Waals surface area contributed by atoms with E-state index in [0.717, 1.165) is 6.42 Å². The number of halogens is 1. The number of amides is 1. The van der Waals surface area contributed by atoms with Crippen molar-refractivity contribution >= 4 is 5.91 Å². The number of hydrogen-bond acceptors (Lipinski definition) is 4. The summed E-state index contributed by atoms with van der Waals surface area (Å²) in [6, 6.07) is 0.110. The molecule has 0 aromatic rings. The number of carbonyl (C=O) groups is 1. The highest BCUT2D eigenvalue weighted by Crippen LogP contribution is 2.34. The Morgan fingerprint density at radius 2 is 1.81 bits per heavy atom. The van der Waals surface area contributed by atoms with E-state index >= 15 is 0 Å². The summed E-state index contributed by atoms with van der Waals surface area (Å²) in [5, 5.41) is 0. The molecule has 1 saturated carbocycles. The van der Waals surface area contributed by atoms with Crippen LogP contribution < -0.4 is 10.9 Å². The summed E-state index contributed by atoms with van der Waals surface area (Å²) in [7, 11) is 0. The van der Waals surface area contributed by atoms with Gasteiger partial charge in [0.15, 0.2) is 0 Å². The fraction of sp³-hybridized carbons (Fsp3) is 0.952. The van der Waals surface area contributed by atoms with Gasteiger partial charge in [0.1, 0.15) is 12.2 Å². The molecule has 5 nitrogen and oxygen atoms in total. The Hall–Kier alpha value is -0.720. The maximum atomic E-state index is 14.7. The van der Waals surface area contributed by atoms with Crippen LogP contribution in [0.3, 0.4) is 0 Å². The summed E-state index contributed by atoms with van der Waals surface area (Å²) < 4.78 is 20.4. The van der Waals surface area contributed by atoms with E-state index in [-0.39, 0.29) is 23.9 Å². The summed E-state index contributed by atoms with van der Waals surface area (Å²) >= 11 is 0. The van der Waals surface area contributed by atoms with Crippen molar-refractivity contribution in [1.29, 1.82) is 0 Å². The van der Waals surface area contributed by atoms with Crippen molar-refractivity contribution in [2.24, 2.45) is 11.3 Å². The number of hydrogen-bond donors (Lipinski definition) is 2. The molecule has 0 bridgehead atoms. The molecule has 6 heteroatoms. The van der Waals surface area contributed by atoms with Gasteiger partial charge in [0.2, 0.25) is 5.91 Å². The number of likely N-dealkylation sites (tertiary alicyclic amines) is 1. The number of nitrogens with zero attached hydrogens (tertiary/aromatic N) is 1. The van der Waals surface area contributed by atoms with E-state index in [1.165, 1.54) is 44.9 Å². The minimum absolute atomic E-state index is 0.0292. The quantitative estimate of drug-likeness (QED) is 0.783. The molecule has 4 atom stereocenters. The van der Waals surface area contributed by atoms with Crippen LogP contribution in [-0.4, -0.2) is 54.9 Å². The number of rotatable bonds is 4. The number of alkyl halides is 1. The molecule has 2 aliphatic heterocycles. The lowest BCUT2D eigenvalue weighted by Crippen LogP contribution is -2.60. The Kier molecular flexibility index (Phi) is 7.14. The van der Waals surface area contributed by atoms with Crippen molar-refractivity contribution in [1.82, 2.24) is 15.8 Å². The first kappa shape index (κ1) is 21.0. The van der Waals surface area contributed by atoms with Crippen LogP contribution in [0, 0.1) is 11.3 Å². The van der Waals surface area contributed by atoms with Gasteiger partial charge < -0.3 is 9.64 Å². The molecule has 0 aromatic carbocycles. The van der Waals surface area contributed by atoms with E-state index in [4.69, 9.17) is 4.74 Å². The third-order valence-electron chi connectivity index (χ3n) is 6.70. The Morgan fingerprint density at radius 3 is 2.44 bits per heavy atom. The van der Waals surface area contributed by atoms with E-state index in [1.807, 2.05) is 20.8 Å². The molecule has 1 aliphatic carbocycles. The van der Waals surface area contributed by atoms with Gasteiger partial charge in [-0.15, -0.1) is 0 Å². The number of piperidine rings is 1. The highest BCUT2D eigenvalue weighted by atomic mass is 19.1. The number of hydrazine groups is 1. The Morgan fingerprint density at radius 1 is 1.15 bits per heavy atom. The maximum absolute atomic E-state index is 14.7. The van der Waals surface area contributed by atoms with Gasteiger partial charge in [0.25, 0.3) is 0 Å². The lowest BCUT2D eigenvalue weighted by Gasteiger charge is -2.46. The van der Waals surface area contributed by atoms with Crippen molar-refractivity contribution in [2.75, 3.05) is 19.7 Å². The molecule has 2 saturated heterocycles. The van der Waals surface area contributed by atoms with Crippen molar-refractivity contribution in [3.63, 3.8) is 0 Å². The second-order valence-electron chi connectivity index (χ2n) is 9.39. The second kappa shape index (κ2) is 9.19. The molecule has 0 radical (unpaired) electrons. The van der Waals surface area contributed by atoms with E-state index in [9.17, 15) is 9.18 Å². The molecule has 3 rings (SSSR count). The summed E-state index contributed by atoms with van der Waals surface area (Å²) in [5.41, 5.74) is 6.23. The van der Waals surface area contributed by atoms with Crippen molar-refractivity contribution in [2.45, 2.75) is 96.5 Å². The van der Waals surface area contributed by atoms with Crippen LogP contribution >= 0.6 is 0 Å². The molecule has 2 N–H and O–H groups in total. The van der Waals surface area contributed by atoms with Gasteiger partial charge in [-0.1, -0.05) is 46.0 Å².